The van der Waals surface area contributed by atoms with Crippen molar-refractivity contribution in [1.82, 2.24) is 5.32 Å². The molecule has 0 saturated heterocycles. The number of nitro benzene ring substituents is 1. The number of benzene rings is 2. The molecule has 0 saturated carbocycles. The Balaban J connectivity index is 1.58. The fourth-order valence-corrected chi connectivity index (χ4v) is 6.32. The number of ketones is 1. The smallest absolute Gasteiger partial charge is 0.337 e. The topological polar surface area (TPSA) is 140 Å². The van der Waals surface area contributed by atoms with E-state index in [4.69, 9.17) is 14.2 Å². The van der Waals surface area contributed by atoms with Gasteiger partial charge in [-0.15, -0.1) is 11.3 Å². The molecule has 0 radical (unpaired) electrons. The zero-order valence-corrected chi connectivity index (χ0v) is 24.1. The quantitative estimate of drug-likeness (QED) is 0.201. The first kappa shape index (κ1) is 28.9. The molecule has 42 heavy (non-hydrogen) atoms. The number of Topliss-reactive ketones (excluding diaryl/α,β-unsaturated/α-hetero) is 1. The number of hydrogen-bond donors (Lipinski definition) is 1. The summed E-state index contributed by atoms with van der Waals surface area (Å²) in [5.74, 6) is -2.35. The standard InChI is InChI=1S/C31H30N2O8S/c1-4-40-25-15-20(13-23(30(25)35)33(37)38)28-27(31(36)41-16-18-7-9-21(39-3)10-8-18)17(2)32-22-12-19(14-24(34)29(22)28)26-6-5-11-42-26/h5-11,13,15,19,28,32,35H,4,12,14,16H2,1-3H3/p-1. The fourth-order valence-electron chi connectivity index (χ4n) is 5.49. The minimum absolute atomic E-state index is 0.0434. The van der Waals surface area contributed by atoms with Crippen LogP contribution in [0.4, 0.5) is 5.69 Å². The zero-order valence-electron chi connectivity index (χ0n) is 23.3. The predicted octanol–water partition coefficient (Wildman–Crippen LogP) is 5.24. The van der Waals surface area contributed by atoms with Crippen molar-refractivity contribution < 1.29 is 33.8 Å². The summed E-state index contributed by atoms with van der Waals surface area (Å²) < 4.78 is 16.3. The lowest BCUT2D eigenvalue weighted by Crippen LogP contribution is -2.36. The Morgan fingerprint density at radius 2 is 1.93 bits per heavy atom. The molecule has 2 aromatic carbocycles. The maximum Gasteiger partial charge on any atom is 0.337 e. The van der Waals surface area contributed by atoms with Gasteiger partial charge in [0.05, 0.1) is 24.2 Å². The van der Waals surface area contributed by atoms with Crippen LogP contribution in [0.1, 0.15) is 54.5 Å². The largest absolute Gasteiger partial charge is 0.865 e. The Bertz CT molecular complexity index is 1590. The molecule has 1 N–H and O–H groups in total. The van der Waals surface area contributed by atoms with Gasteiger partial charge < -0.3 is 24.6 Å². The highest BCUT2D eigenvalue weighted by atomic mass is 32.1. The second kappa shape index (κ2) is 12.1. The van der Waals surface area contributed by atoms with E-state index in [1.807, 2.05) is 17.5 Å². The summed E-state index contributed by atoms with van der Waals surface area (Å²) >= 11 is 1.57. The Kier molecular flexibility index (Phi) is 8.30. The lowest BCUT2D eigenvalue weighted by Gasteiger charge is -2.36. The molecule has 0 amide bonds. The second-order valence-corrected chi connectivity index (χ2v) is 11.0. The van der Waals surface area contributed by atoms with Crippen LogP contribution in [-0.2, 0) is 20.9 Å². The number of thiophene rings is 1. The zero-order chi connectivity index (χ0) is 30.0. The third-order valence-corrected chi connectivity index (χ3v) is 8.44. The molecule has 10 nitrogen and oxygen atoms in total. The van der Waals surface area contributed by atoms with Crippen LogP contribution in [0.2, 0.25) is 0 Å². The highest BCUT2D eigenvalue weighted by molar-refractivity contribution is 7.10. The maximum absolute atomic E-state index is 13.8. The molecule has 0 fully saturated rings. The van der Waals surface area contributed by atoms with E-state index in [1.54, 1.807) is 56.6 Å². The van der Waals surface area contributed by atoms with Crippen molar-refractivity contribution in [3.8, 4) is 17.2 Å². The van der Waals surface area contributed by atoms with Crippen LogP contribution in [0, 0.1) is 10.1 Å². The molecule has 0 spiro atoms. The molecule has 11 heteroatoms. The first-order valence-electron chi connectivity index (χ1n) is 13.4. The molecule has 2 aliphatic rings. The molecular weight excluding hydrogens is 560 g/mol. The third-order valence-electron chi connectivity index (χ3n) is 7.41. The first-order valence-corrected chi connectivity index (χ1v) is 14.3. The van der Waals surface area contributed by atoms with E-state index in [-0.39, 0.29) is 48.2 Å². The van der Waals surface area contributed by atoms with E-state index < -0.39 is 28.2 Å². The van der Waals surface area contributed by atoms with E-state index in [0.717, 1.165) is 16.5 Å². The van der Waals surface area contributed by atoms with Crippen LogP contribution in [0.25, 0.3) is 0 Å². The van der Waals surface area contributed by atoms with Gasteiger partial charge in [-0.25, -0.2) is 4.79 Å². The number of methoxy groups -OCH3 is 1. The minimum atomic E-state index is -1.00. The Hall–Kier alpha value is -4.64. The molecule has 2 unspecified atom stereocenters. The summed E-state index contributed by atoms with van der Waals surface area (Å²) in [7, 11) is 1.55. The van der Waals surface area contributed by atoms with E-state index in [2.05, 4.69) is 5.32 Å². The van der Waals surface area contributed by atoms with E-state index in [9.17, 15) is 24.8 Å². The number of dihydropyridines is 1. The van der Waals surface area contributed by atoms with Crippen LogP contribution in [0.3, 0.4) is 0 Å². The number of allylic oxidation sites excluding steroid dienone is 3. The van der Waals surface area contributed by atoms with Gasteiger partial charge in [0.25, 0.3) is 5.69 Å². The SMILES string of the molecule is CCOc1cc(C2C(C(=O)OCc3ccc(OC)cc3)=C(C)NC3=C2C(=O)CC(c2cccs2)C3)cc([N+](=O)[O-])c1[O-]. The van der Waals surface area contributed by atoms with Crippen LogP contribution in [0.15, 0.2) is 76.5 Å². The molecule has 1 aliphatic heterocycles. The van der Waals surface area contributed by atoms with Crippen molar-refractivity contribution in [3.05, 3.63) is 103 Å². The van der Waals surface area contributed by atoms with Crippen molar-refractivity contribution in [3.63, 3.8) is 0 Å². The van der Waals surface area contributed by atoms with Crippen LogP contribution in [0.5, 0.6) is 17.2 Å². The average molecular weight is 590 g/mol. The number of esters is 1. The van der Waals surface area contributed by atoms with Gasteiger partial charge in [0.15, 0.2) is 5.78 Å². The number of ether oxygens (including phenoxy) is 3. The normalized spacial score (nSPS) is 18.3. The highest BCUT2D eigenvalue weighted by Gasteiger charge is 2.42. The Labute approximate surface area is 246 Å². The second-order valence-electron chi connectivity index (χ2n) is 10.0. The molecular formula is C31H29N2O8S-. The van der Waals surface area contributed by atoms with Crippen LogP contribution >= 0.6 is 11.3 Å². The number of nitrogens with zero attached hydrogens (tertiary/aromatic N) is 1. The lowest BCUT2D eigenvalue weighted by molar-refractivity contribution is -0.398. The molecule has 1 aliphatic carbocycles. The third kappa shape index (κ3) is 5.60. The van der Waals surface area contributed by atoms with Gasteiger partial charge in [-0.3, -0.25) is 14.9 Å². The van der Waals surface area contributed by atoms with Gasteiger partial charge in [-0.1, -0.05) is 18.2 Å². The maximum atomic E-state index is 13.8. The summed E-state index contributed by atoms with van der Waals surface area (Å²) in [6.07, 6.45) is 0.731. The van der Waals surface area contributed by atoms with Gasteiger partial charge in [-0.2, -0.15) is 0 Å². The van der Waals surface area contributed by atoms with Gasteiger partial charge in [0.1, 0.15) is 18.1 Å². The van der Waals surface area contributed by atoms with Gasteiger partial charge >= 0.3 is 5.97 Å². The monoisotopic (exact) mass is 589 g/mol. The summed E-state index contributed by atoms with van der Waals surface area (Å²) in [4.78, 5) is 39.7. The van der Waals surface area contributed by atoms with Gasteiger partial charge in [0.2, 0.25) is 0 Å². The number of nitrogens with one attached hydrogen (secondary N) is 1. The molecule has 218 valence electrons. The van der Waals surface area contributed by atoms with E-state index in [1.165, 1.54) is 6.07 Å². The Morgan fingerprint density at radius 1 is 1.17 bits per heavy atom. The predicted molar refractivity (Wildman–Crippen MR) is 153 cm³/mol. The number of hydrogen-bond acceptors (Lipinski definition) is 10. The molecule has 3 aromatic rings. The van der Waals surface area contributed by atoms with Crippen LogP contribution < -0.4 is 19.9 Å². The minimum Gasteiger partial charge on any atom is -0.865 e. The van der Waals surface area contributed by atoms with Crippen molar-refractivity contribution in [2.75, 3.05) is 13.7 Å². The van der Waals surface area contributed by atoms with Gasteiger partial charge in [-0.05, 0) is 61.0 Å². The highest BCUT2D eigenvalue weighted by Crippen LogP contribution is 2.48. The Morgan fingerprint density at radius 3 is 2.57 bits per heavy atom. The number of nitro groups is 1. The number of carbonyl (C=O) groups excluding carboxylic acids is 2. The van der Waals surface area contributed by atoms with Crippen molar-refractivity contribution in [1.29, 1.82) is 0 Å². The van der Waals surface area contributed by atoms with Crippen molar-refractivity contribution in [2.24, 2.45) is 0 Å². The van der Waals surface area contributed by atoms with E-state index >= 15 is 0 Å². The molecule has 2 heterocycles. The molecule has 0 bridgehead atoms. The van der Waals surface area contributed by atoms with Crippen molar-refractivity contribution >= 4 is 28.8 Å². The molecule has 1 aromatic heterocycles. The molecule has 5 rings (SSSR count). The molecule has 2 atom stereocenters. The van der Waals surface area contributed by atoms with Crippen LogP contribution in [-0.4, -0.2) is 30.4 Å². The van der Waals surface area contributed by atoms with Gasteiger partial charge in [0, 0.05) is 51.9 Å². The number of carbonyl (C=O) groups is 2. The summed E-state index contributed by atoms with van der Waals surface area (Å²) in [6.45, 7) is 3.42. The van der Waals surface area contributed by atoms with Crippen molar-refractivity contribution in [2.45, 2.75) is 45.1 Å². The number of rotatable bonds is 9. The average Bonchev–Trinajstić information content (AvgIpc) is 3.52. The summed E-state index contributed by atoms with van der Waals surface area (Å²) in [5.41, 5.74) is 1.84. The first-order chi connectivity index (χ1) is 20.2. The van der Waals surface area contributed by atoms with E-state index in [0.29, 0.717) is 29.1 Å². The lowest BCUT2D eigenvalue weighted by atomic mass is 9.72. The fraction of sp³-hybridized carbons (Fsp3) is 0.290. The summed E-state index contributed by atoms with van der Waals surface area (Å²) in [5, 5.41) is 29.9. The summed E-state index contributed by atoms with van der Waals surface area (Å²) in [6, 6.07) is 13.5.